The molecule has 3 aromatic rings. The largest absolute Gasteiger partial charge is 0.356 e. The summed E-state index contributed by atoms with van der Waals surface area (Å²) in [6, 6.07) is 13.9. The minimum absolute atomic E-state index is 0.0455. The van der Waals surface area contributed by atoms with Gasteiger partial charge in [-0.05, 0) is 41.7 Å². The fourth-order valence-electron chi connectivity index (χ4n) is 2.98. The molecule has 2 heterocycles. The number of nitrogens with one attached hydrogen (secondary N) is 2. The third-order valence-corrected chi connectivity index (χ3v) is 4.56. The lowest BCUT2D eigenvalue weighted by atomic mass is 9.86. The maximum Gasteiger partial charge on any atom is 0.191 e. The molecule has 2 aromatic heterocycles. The highest BCUT2D eigenvalue weighted by atomic mass is 35.5. The van der Waals surface area contributed by atoms with E-state index >= 15 is 0 Å². The van der Waals surface area contributed by atoms with Crippen LogP contribution in [0.5, 0.6) is 0 Å². The molecule has 0 saturated heterocycles. The zero-order chi connectivity index (χ0) is 19.3. The predicted octanol–water partition coefficient (Wildman–Crippen LogP) is 3.32. The summed E-state index contributed by atoms with van der Waals surface area (Å²) in [5.41, 5.74) is 2.11. The lowest BCUT2D eigenvalue weighted by Crippen LogP contribution is -2.42. The molecule has 0 aliphatic heterocycles. The standard InChI is InChI=1S/C20H25ClN6/c1-20(2,12-15-7-6-8-16(21)11-15)14-24-19(22-3)23-13-18-26-25-17-9-4-5-10-27(17)18/h4-11H,12-14H2,1-3H3,(H2,22,23,24). The maximum atomic E-state index is 6.10. The summed E-state index contributed by atoms with van der Waals surface area (Å²) in [5.74, 6) is 1.58. The summed E-state index contributed by atoms with van der Waals surface area (Å²) < 4.78 is 1.96. The van der Waals surface area contributed by atoms with Crippen LogP contribution in [0.4, 0.5) is 0 Å². The summed E-state index contributed by atoms with van der Waals surface area (Å²) in [7, 11) is 1.77. The molecule has 0 fully saturated rings. The van der Waals surface area contributed by atoms with Crippen molar-refractivity contribution in [3.63, 3.8) is 0 Å². The van der Waals surface area contributed by atoms with Gasteiger partial charge in [0, 0.05) is 24.8 Å². The number of fused-ring (bicyclic) bond motifs is 1. The van der Waals surface area contributed by atoms with E-state index in [1.165, 1.54) is 5.56 Å². The molecule has 142 valence electrons. The van der Waals surface area contributed by atoms with E-state index < -0.39 is 0 Å². The molecule has 0 bridgehead atoms. The van der Waals surface area contributed by atoms with E-state index in [0.717, 1.165) is 35.4 Å². The van der Waals surface area contributed by atoms with Gasteiger partial charge in [0.05, 0.1) is 6.54 Å². The first-order valence-electron chi connectivity index (χ1n) is 8.94. The maximum absolute atomic E-state index is 6.10. The highest BCUT2D eigenvalue weighted by Crippen LogP contribution is 2.22. The zero-order valence-electron chi connectivity index (χ0n) is 15.9. The van der Waals surface area contributed by atoms with Crippen molar-refractivity contribution in [1.29, 1.82) is 0 Å². The van der Waals surface area contributed by atoms with Crippen molar-refractivity contribution in [2.75, 3.05) is 13.6 Å². The molecule has 7 heteroatoms. The van der Waals surface area contributed by atoms with Crippen LogP contribution in [-0.2, 0) is 13.0 Å². The summed E-state index contributed by atoms with van der Waals surface area (Å²) in [5, 5.41) is 15.9. The third kappa shape index (κ3) is 5.20. The Bertz CT molecular complexity index is 931. The van der Waals surface area contributed by atoms with Gasteiger partial charge < -0.3 is 10.6 Å². The molecule has 0 atom stereocenters. The molecule has 2 N–H and O–H groups in total. The van der Waals surface area contributed by atoms with Crippen molar-refractivity contribution in [3.8, 4) is 0 Å². The Morgan fingerprint density at radius 2 is 2.00 bits per heavy atom. The number of pyridine rings is 1. The smallest absolute Gasteiger partial charge is 0.191 e. The Morgan fingerprint density at radius 1 is 1.15 bits per heavy atom. The van der Waals surface area contributed by atoms with Crippen LogP contribution in [0.2, 0.25) is 5.02 Å². The topological polar surface area (TPSA) is 66.6 Å². The molecule has 6 nitrogen and oxygen atoms in total. The average molecular weight is 385 g/mol. The van der Waals surface area contributed by atoms with Crippen molar-refractivity contribution < 1.29 is 0 Å². The fourth-order valence-corrected chi connectivity index (χ4v) is 3.19. The summed E-state index contributed by atoms with van der Waals surface area (Å²) in [6.45, 7) is 5.76. The predicted molar refractivity (Wildman–Crippen MR) is 110 cm³/mol. The third-order valence-electron chi connectivity index (χ3n) is 4.33. The number of aromatic nitrogens is 3. The lowest BCUT2D eigenvalue weighted by molar-refractivity contribution is 0.359. The molecule has 0 radical (unpaired) electrons. The SMILES string of the molecule is CN=C(NCc1nnc2ccccn12)NCC(C)(C)Cc1cccc(Cl)c1. The van der Waals surface area contributed by atoms with Gasteiger partial charge in [-0.3, -0.25) is 9.39 Å². The van der Waals surface area contributed by atoms with E-state index in [4.69, 9.17) is 11.6 Å². The second-order valence-electron chi connectivity index (χ2n) is 7.30. The highest BCUT2D eigenvalue weighted by Gasteiger charge is 2.19. The van der Waals surface area contributed by atoms with E-state index in [0.29, 0.717) is 6.54 Å². The molecule has 0 spiro atoms. The number of halogens is 1. The quantitative estimate of drug-likeness (QED) is 0.505. The zero-order valence-corrected chi connectivity index (χ0v) is 16.7. The van der Waals surface area contributed by atoms with Gasteiger partial charge in [0.15, 0.2) is 17.4 Å². The Labute approximate surface area is 164 Å². The molecule has 27 heavy (non-hydrogen) atoms. The Kier molecular flexibility index (Phi) is 5.96. The number of hydrogen-bond donors (Lipinski definition) is 2. The number of nitrogens with zero attached hydrogens (tertiary/aromatic N) is 4. The molecule has 1 aromatic carbocycles. The lowest BCUT2D eigenvalue weighted by Gasteiger charge is -2.26. The first-order chi connectivity index (χ1) is 13.0. The number of aliphatic imine (C=N–C) groups is 1. The van der Waals surface area contributed by atoms with Crippen LogP contribution in [0.3, 0.4) is 0 Å². The molecular formula is C20H25ClN6. The van der Waals surface area contributed by atoms with Crippen LogP contribution in [0, 0.1) is 5.41 Å². The molecule has 0 unspecified atom stereocenters. The molecule has 0 saturated carbocycles. The number of hydrogen-bond acceptors (Lipinski definition) is 3. The van der Waals surface area contributed by atoms with Gasteiger partial charge in [0.25, 0.3) is 0 Å². The normalized spacial score (nSPS) is 12.4. The van der Waals surface area contributed by atoms with Gasteiger partial charge in [0.2, 0.25) is 0 Å². The number of rotatable bonds is 6. The van der Waals surface area contributed by atoms with E-state index in [9.17, 15) is 0 Å². The Balaban J connectivity index is 1.55. The minimum Gasteiger partial charge on any atom is -0.356 e. The summed E-state index contributed by atoms with van der Waals surface area (Å²) in [6.07, 6.45) is 2.88. The van der Waals surface area contributed by atoms with E-state index in [1.54, 1.807) is 7.05 Å². The first kappa shape index (κ1) is 19.2. The molecule has 3 rings (SSSR count). The Hall–Kier alpha value is -2.60. The van der Waals surface area contributed by atoms with Crippen LogP contribution in [-0.4, -0.2) is 34.2 Å². The molecule has 0 aliphatic rings. The highest BCUT2D eigenvalue weighted by molar-refractivity contribution is 6.30. The van der Waals surface area contributed by atoms with Gasteiger partial charge in [-0.15, -0.1) is 10.2 Å². The van der Waals surface area contributed by atoms with Crippen molar-refractivity contribution in [2.24, 2.45) is 10.4 Å². The fraction of sp³-hybridized carbons (Fsp3) is 0.350. The van der Waals surface area contributed by atoms with Crippen LogP contribution in [0.15, 0.2) is 53.7 Å². The van der Waals surface area contributed by atoms with Crippen molar-refractivity contribution in [1.82, 2.24) is 25.2 Å². The second kappa shape index (κ2) is 8.39. The molecular weight excluding hydrogens is 360 g/mol. The van der Waals surface area contributed by atoms with E-state index in [-0.39, 0.29) is 5.41 Å². The Morgan fingerprint density at radius 3 is 2.78 bits per heavy atom. The van der Waals surface area contributed by atoms with Crippen LogP contribution < -0.4 is 10.6 Å². The van der Waals surface area contributed by atoms with Gasteiger partial charge in [-0.1, -0.05) is 43.6 Å². The van der Waals surface area contributed by atoms with Gasteiger partial charge in [-0.2, -0.15) is 0 Å². The van der Waals surface area contributed by atoms with Crippen molar-refractivity contribution in [2.45, 2.75) is 26.8 Å². The first-order valence-corrected chi connectivity index (χ1v) is 9.32. The minimum atomic E-state index is 0.0455. The van der Waals surface area contributed by atoms with Crippen molar-refractivity contribution in [3.05, 3.63) is 65.1 Å². The van der Waals surface area contributed by atoms with Gasteiger partial charge in [0.1, 0.15) is 0 Å². The van der Waals surface area contributed by atoms with Crippen molar-refractivity contribution >= 4 is 23.2 Å². The van der Waals surface area contributed by atoms with E-state index in [1.807, 2.05) is 47.0 Å². The van der Waals surface area contributed by atoms with Crippen LogP contribution in [0.1, 0.15) is 25.2 Å². The molecule has 0 aliphatic carbocycles. The van der Waals surface area contributed by atoms with Gasteiger partial charge in [-0.25, -0.2) is 0 Å². The number of benzene rings is 1. The van der Waals surface area contributed by atoms with E-state index in [2.05, 4.69) is 45.7 Å². The van der Waals surface area contributed by atoms with Gasteiger partial charge >= 0.3 is 0 Å². The average Bonchev–Trinajstić information content (AvgIpc) is 3.05. The van der Waals surface area contributed by atoms with Crippen LogP contribution >= 0.6 is 11.6 Å². The number of guanidine groups is 1. The summed E-state index contributed by atoms with van der Waals surface area (Å²) >= 11 is 6.10. The summed E-state index contributed by atoms with van der Waals surface area (Å²) in [4.78, 5) is 4.31. The molecule has 0 amide bonds. The monoisotopic (exact) mass is 384 g/mol. The van der Waals surface area contributed by atoms with Crippen LogP contribution in [0.25, 0.3) is 5.65 Å². The second-order valence-corrected chi connectivity index (χ2v) is 7.73.